The van der Waals surface area contributed by atoms with Crippen LogP contribution in [-0.4, -0.2) is 4.83 Å². The van der Waals surface area contributed by atoms with Crippen molar-refractivity contribution in [3.63, 3.8) is 0 Å². The third-order valence-corrected chi connectivity index (χ3v) is 1.92. The van der Waals surface area contributed by atoms with Gasteiger partial charge in [-0.3, -0.25) is 0 Å². The highest BCUT2D eigenvalue weighted by atomic mass is 79.9. The topological polar surface area (TPSA) is 0 Å². The van der Waals surface area contributed by atoms with Gasteiger partial charge >= 0.3 is 0 Å². The van der Waals surface area contributed by atoms with Gasteiger partial charge in [0.2, 0.25) is 0 Å². The van der Waals surface area contributed by atoms with Crippen LogP contribution >= 0.6 is 15.9 Å². The number of halogens is 1. The summed E-state index contributed by atoms with van der Waals surface area (Å²) >= 11 is 3.49. The van der Waals surface area contributed by atoms with Gasteiger partial charge in [0.05, 0.1) is 0 Å². The van der Waals surface area contributed by atoms with Crippen LogP contribution < -0.4 is 0 Å². The Hall–Kier alpha value is 0.220. The lowest BCUT2D eigenvalue weighted by Crippen LogP contribution is -1.85. The van der Waals surface area contributed by atoms with E-state index >= 15 is 0 Å². The summed E-state index contributed by atoms with van der Waals surface area (Å²) < 4.78 is 0. The number of hydrogen-bond donors (Lipinski definition) is 0. The Balaban J connectivity index is 3.21. The average Bonchev–Trinajstić information content (AvgIpc) is 1.83. The second kappa shape index (κ2) is 5.36. The Kier molecular flexibility index (Phi) is 5.51. The smallest absolute Gasteiger partial charge is 0.0322 e. The van der Waals surface area contributed by atoms with Gasteiger partial charge in [-0.15, -0.1) is 0 Å². The molecule has 48 valence electrons. The van der Waals surface area contributed by atoms with E-state index in [0.717, 1.165) is 6.42 Å². The SMILES string of the molecule is CCC=CC(Br)CC. The van der Waals surface area contributed by atoms with E-state index in [2.05, 4.69) is 41.9 Å². The highest BCUT2D eigenvalue weighted by Crippen LogP contribution is 2.05. The Bertz CT molecular complexity index is 66.8. The van der Waals surface area contributed by atoms with E-state index in [1.54, 1.807) is 0 Å². The van der Waals surface area contributed by atoms with E-state index < -0.39 is 0 Å². The van der Waals surface area contributed by atoms with Crippen molar-refractivity contribution in [1.29, 1.82) is 0 Å². The van der Waals surface area contributed by atoms with Crippen LogP contribution in [0.3, 0.4) is 0 Å². The molecule has 0 aromatic rings. The lowest BCUT2D eigenvalue weighted by atomic mass is 10.3. The van der Waals surface area contributed by atoms with Crippen molar-refractivity contribution >= 4 is 15.9 Å². The molecule has 0 aromatic carbocycles. The van der Waals surface area contributed by atoms with Crippen LogP contribution in [0.2, 0.25) is 0 Å². The molecule has 0 aromatic heterocycles. The van der Waals surface area contributed by atoms with Crippen molar-refractivity contribution in [2.24, 2.45) is 0 Å². The molecule has 0 aliphatic rings. The summed E-state index contributed by atoms with van der Waals surface area (Å²) in [6.07, 6.45) is 6.70. The second-order valence-corrected chi connectivity index (χ2v) is 2.94. The van der Waals surface area contributed by atoms with Gasteiger partial charge < -0.3 is 0 Å². The Morgan fingerprint density at radius 2 is 2.12 bits per heavy atom. The normalized spacial score (nSPS) is 14.9. The largest absolute Gasteiger partial charge is 0.0877 e. The summed E-state index contributed by atoms with van der Waals surface area (Å²) in [5.74, 6) is 0. The van der Waals surface area contributed by atoms with Crippen molar-refractivity contribution in [2.45, 2.75) is 31.5 Å². The quantitative estimate of drug-likeness (QED) is 0.459. The summed E-state index contributed by atoms with van der Waals surface area (Å²) in [6.45, 7) is 4.31. The fourth-order valence-corrected chi connectivity index (χ4v) is 0.636. The molecule has 0 aliphatic carbocycles. The fourth-order valence-electron chi connectivity index (χ4n) is 0.420. The van der Waals surface area contributed by atoms with Crippen molar-refractivity contribution in [2.75, 3.05) is 0 Å². The van der Waals surface area contributed by atoms with E-state index in [9.17, 15) is 0 Å². The standard InChI is InChI=1S/C7H13Br/c1-3-5-6-7(8)4-2/h5-7H,3-4H2,1-2H3. The first kappa shape index (κ1) is 8.22. The van der Waals surface area contributed by atoms with Gasteiger partial charge in [0.25, 0.3) is 0 Å². The summed E-state index contributed by atoms with van der Waals surface area (Å²) in [4.78, 5) is 0.586. The number of alkyl halides is 1. The molecule has 0 amide bonds. The van der Waals surface area contributed by atoms with Gasteiger partial charge in [0.1, 0.15) is 0 Å². The minimum atomic E-state index is 0.586. The predicted octanol–water partition coefficient (Wildman–Crippen LogP) is 3.13. The molecule has 0 bridgehead atoms. The van der Waals surface area contributed by atoms with Crippen LogP contribution in [0, 0.1) is 0 Å². The molecule has 1 heteroatoms. The molecule has 1 atom stereocenters. The van der Waals surface area contributed by atoms with Gasteiger partial charge in [-0.1, -0.05) is 41.9 Å². The van der Waals surface area contributed by atoms with E-state index in [0.29, 0.717) is 4.83 Å². The van der Waals surface area contributed by atoms with Gasteiger partial charge in [-0.2, -0.15) is 0 Å². The highest BCUT2D eigenvalue weighted by molar-refractivity contribution is 9.09. The molecule has 0 spiro atoms. The van der Waals surface area contributed by atoms with E-state index in [1.165, 1.54) is 6.42 Å². The first-order chi connectivity index (χ1) is 3.81. The maximum atomic E-state index is 3.49. The van der Waals surface area contributed by atoms with E-state index in [1.807, 2.05) is 0 Å². The maximum absolute atomic E-state index is 3.49. The zero-order valence-electron chi connectivity index (χ0n) is 5.52. The van der Waals surface area contributed by atoms with Crippen LogP contribution in [0.5, 0.6) is 0 Å². The molecule has 0 rings (SSSR count). The zero-order chi connectivity index (χ0) is 6.41. The minimum absolute atomic E-state index is 0.586. The van der Waals surface area contributed by atoms with Crippen LogP contribution in [-0.2, 0) is 0 Å². The number of allylic oxidation sites excluding steroid dienone is 2. The predicted molar refractivity (Wildman–Crippen MR) is 42.4 cm³/mol. The summed E-state index contributed by atoms with van der Waals surface area (Å²) in [6, 6.07) is 0. The molecule has 0 heterocycles. The van der Waals surface area contributed by atoms with Crippen molar-refractivity contribution in [1.82, 2.24) is 0 Å². The molecule has 0 radical (unpaired) electrons. The molecule has 8 heavy (non-hydrogen) atoms. The monoisotopic (exact) mass is 176 g/mol. The molecule has 0 N–H and O–H groups in total. The van der Waals surface area contributed by atoms with Crippen LogP contribution in [0.4, 0.5) is 0 Å². The van der Waals surface area contributed by atoms with Gasteiger partial charge in [-0.25, -0.2) is 0 Å². The molecular weight excluding hydrogens is 164 g/mol. The lowest BCUT2D eigenvalue weighted by molar-refractivity contribution is 0.984. The molecule has 0 nitrogen and oxygen atoms in total. The van der Waals surface area contributed by atoms with E-state index in [-0.39, 0.29) is 0 Å². The summed E-state index contributed by atoms with van der Waals surface area (Å²) in [5.41, 5.74) is 0. The third-order valence-electron chi connectivity index (χ3n) is 0.971. The summed E-state index contributed by atoms with van der Waals surface area (Å²) in [7, 11) is 0. The van der Waals surface area contributed by atoms with Crippen molar-refractivity contribution in [3.05, 3.63) is 12.2 Å². The van der Waals surface area contributed by atoms with Gasteiger partial charge in [0.15, 0.2) is 0 Å². The molecule has 0 fully saturated rings. The van der Waals surface area contributed by atoms with Crippen molar-refractivity contribution in [3.8, 4) is 0 Å². The third kappa shape index (κ3) is 4.38. The number of rotatable bonds is 3. The minimum Gasteiger partial charge on any atom is -0.0877 e. The first-order valence-corrected chi connectivity index (χ1v) is 4.03. The lowest BCUT2D eigenvalue weighted by Gasteiger charge is -1.94. The molecular formula is C7H13Br. The van der Waals surface area contributed by atoms with Crippen LogP contribution in [0.15, 0.2) is 12.2 Å². The zero-order valence-corrected chi connectivity index (χ0v) is 7.11. The Morgan fingerprint density at radius 1 is 1.50 bits per heavy atom. The first-order valence-electron chi connectivity index (χ1n) is 3.12. The average molecular weight is 177 g/mol. The molecule has 0 saturated carbocycles. The van der Waals surface area contributed by atoms with E-state index in [4.69, 9.17) is 0 Å². The molecule has 0 aliphatic heterocycles. The highest BCUT2D eigenvalue weighted by Gasteiger charge is 1.89. The van der Waals surface area contributed by atoms with Crippen molar-refractivity contribution < 1.29 is 0 Å². The Morgan fingerprint density at radius 3 is 2.50 bits per heavy atom. The Labute approximate surface area is 60.1 Å². The molecule has 1 unspecified atom stereocenters. The van der Waals surface area contributed by atoms with Crippen LogP contribution in [0.1, 0.15) is 26.7 Å². The van der Waals surface area contributed by atoms with Crippen LogP contribution in [0.25, 0.3) is 0 Å². The molecule has 0 saturated heterocycles. The van der Waals surface area contributed by atoms with Gasteiger partial charge in [0, 0.05) is 4.83 Å². The van der Waals surface area contributed by atoms with Gasteiger partial charge in [-0.05, 0) is 12.8 Å². The maximum Gasteiger partial charge on any atom is 0.0322 e. The summed E-state index contributed by atoms with van der Waals surface area (Å²) in [5, 5.41) is 0. The fraction of sp³-hybridized carbons (Fsp3) is 0.714. The second-order valence-electron chi connectivity index (χ2n) is 1.76. The number of hydrogen-bond acceptors (Lipinski definition) is 0.